The summed E-state index contributed by atoms with van der Waals surface area (Å²) in [4.78, 5) is 5.27. The molecule has 0 spiro atoms. The molecule has 0 saturated carbocycles. The molecule has 0 amide bonds. The molecule has 2 aromatic rings. The Morgan fingerprint density at radius 3 is 2.32 bits per heavy atom. The average molecular weight is 312 g/mol. The van der Waals surface area contributed by atoms with E-state index in [0.29, 0.717) is 16.2 Å². The zero-order valence-corrected chi connectivity index (χ0v) is 13.2. The molecule has 0 N–H and O–H groups in total. The summed E-state index contributed by atoms with van der Waals surface area (Å²) in [6.45, 7) is 4.39. The summed E-state index contributed by atoms with van der Waals surface area (Å²) in [5.41, 5.74) is 2.36. The van der Waals surface area contributed by atoms with Gasteiger partial charge in [-0.3, -0.25) is 0 Å². The third-order valence-electron chi connectivity index (χ3n) is 2.83. The van der Waals surface area contributed by atoms with E-state index < -0.39 is 0 Å². The van der Waals surface area contributed by atoms with Crippen LogP contribution in [-0.2, 0) is 5.75 Å². The zero-order valence-electron chi connectivity index (χ0n) is 10.9. The number of aromatic nitrogens is 1. The van der Waals surface area contributed by atoms with Crippen molar-refractivity contribution in [3.63, 3.8) is 0 Å². The van der Waals surface area contributed by atoms with Crippen LogP contribution in [0.4, 0.5) is 0 Å². The molecule has 4 heteroatoms. The topological polar surface area (TPSA) is 12.9 Å². The average Bonchev–Trinajstić information content (AvgIpc) is 2.38. The van der Waals surface area contributed by atoms with Gasteiger partial charge in [-0.15, -0.1) is 11.8 Å². The lowest BCUT2D eigenvalue weighted by molar-refractivity contribution is 0.865. The molecule has 1 aromatic heterocycles. The molecule has 1 aromatic carbocycles. The van der Waals surface area contributed by atoms with Gasteiger partial charge in [0.2, 0.25) is 0 Å². The molecule has 0 aliphatic carbocycles. The fraction of sp³-hybridized carbons (Fsp3) is 0.267. The molecule has 19 heavy (non-hydrogen) atoms. The Morgan fingerprint density at radius 1 is 1.05 bits per heavy atom. The molecule has 0 unspecified atom stereocenters. The van der Waals surface area contributed by atoms with Gasteiger partial charge in [-0.1, -0.05) is 55.2 Å². The van der Waals surface area contributed by atoms with Crippen LogP contribution in [0.25, 0.3) is 0 Å². The van der Waals surface area contributed by atoms with Crippen LogP contribution in [0.5, 0.6) is 0 Å². The quantitative estimate of drug-likeness (QED) is 0.522. The van der Waals surface area contributed by atoms with Crippen molar-refractivity contribution in [1.29, 1.82) is 0 Å². The number of halogens is 2. The van der Waals surface area contributed by atoms with Gasteiger partial charge in [0, 0.05) is 10.6 Å². The van der Waals surface area contributed by atoms with Crippen LogP contribution < -0.4 is 0 Å². The highest BCUT2D eigenvalue weighted by Crippen LogP contribution is 2.27. The summed E-state index contributed by atoms with van der Waals surface area (Å²) in [7, 11) is 0. The first-order chi connectivity index (χ1) is 9.06. The molecule has 0 saturated heterocycles. The van der Waals surface area contributed by atoms with Crippen LogP contribution in [0.3, 0.4) is 0 Å². The minimum Gasteiger partial charge on any atom is -0.224 e. The van der Waals surface area contributed by atoms with Gasteiger partial charge in [0.25, 0.3) is 0 Å². The first kappa shape index (κ1) is 14.7. The Hall–Kier alpha value is -0.700. The predicted octanol–water partition coefficient (Wildman–Crippen LogP) is 5.80. The van der Waals surface area contributed by atoms with E-state index in [2.05, 4.69) is 43.1 Å². The first-order valence-corrected chi connectivity index (χ1v) is 7.84. The van der Waals surface area contributed by atoms with E-state index >= 15 is 0 Å². The Morgan fingerprint density at radius 2 is 1.74 bits per heavy atom. The second kappa shape index (κ2) is 6.65. The predicted molar refractivity (Wildman–Crippen MR) is 84.3 cm³/mol. The highest BCUT2D eigenvalue weighted by molar-refractivity contribution is 7.98. The highest BCUT2D eigenvalue weighted by Gasteiger charge is 2.04. The number of hydrogen-bond acceptors (Lipinski definition) is 2. The summed E-state index contributed by atoms with van der Waals surface area (Å²) in [6, 6.07) is 12.3. The van der Waals surface area contributed by atoms with E-state index in [1.807, 2.05) is 6.07 Å². The van der Waals surface area contributed by atoms with Crippen molar-refractivity contribution in [3.05, 3.63) is 57.8 Å². The molecule has 0 fully saturated rings. The van der Waals surface area contributed by atoms with Crippen molar-refractivity contribution in [2.45, 2.75) is 30.4 Å². The Balaban J connectivity index is 2.02. The maximum atomic E-state index is 6.05. The maximum Gasteiger partial charge on any atom is 0.134 e. The molecule has 2 rings (SSSR count). The van der Waals surface area contributed by atoms with Crippen LogP contribution in [0, 0.1) is 0 Å². The number of pyridine rings is 1. The van der Waals surface area contributed by atoms with E-state index in [1.54, 1.807) is 17.8 Å². The summed E-state index contributed by atoms with van der Waals surface area (Å²) in [6.07, 6.45) is 0. The molecule has 0 bridgehead atoms. The molecule has 0 atom stereocenters. The van der Waals surface area contributed by atoms with E-state index in [9.17, 15) is 0 Å². The van der Waals surface area contributed by atoms with Gasteiger partial charge >= 0.3 is 0 Å². The van der Waals surface area contributed by atoms with Gasteiger partial charge in [-0.2, -0.15) is 0 Å². The number of hydrogen-bond donors (Lipinski definition) is 0. The largest absolute Gasteiger partial charge is 0.224 e. The normalized spacial score (nSPS) is 11.0. The van der Waals surface area contributed by atoms with Crippen molar-refractivity contribution < 1.29 is 0 Å². The van der Waals surface area contributed by atoms with Crippen LogP contribution >= 0.6 is 35.0 Å². The van der Waals surface area contributed by atoms with Gasteiger partial charge in [-0.05, 0) is 35.2 Å². The number of nitrogens with zero attached hydrogens (tertiary/aromatic N) is 1. The second-order valence-corrected chi connectivity index (χ2v) is 6.39. The van der Waals surface area contributed by atoms with Crippen molar-refractivity contribution in [1.82, 2.24) is 4.98 Å². The van der Waals surface area contributed by atoms with E-state index in [-0.39, 0.29) is 0 Å². The lowest BCUT2D eigenvalue weighted by Crippen LogP contribution is -1.88. The maximum absolute atomic E-state index is 6.05. The van der Waals surface area contributed by atoms with E-state index in [1.165, 1.54) is 10.5 Å². The summed E-state index contributed by atoms with van der Waals surface area (Å²) in [5, 5.41) is 0.916. The Kier molecular flexibility index (Phi) is 5.14. The minimum atomic E-state index is 0.431. The molecule has 0 aliphatic rings. The minimum absolute atomic E-state index is 0.431. The third-order valence-corrected chi connectivity index (χ3v) is 4.43. The molecular weight excluding hydrogens is 297 g/mol. The van der Waals surface area contributed by atoms with Crippen molar-refractivity contribution in [2.75, 3.05) is 0 Å². The van der Waals surface area contributed by atoms with Crippen LogP contribution in [0.2, 0.25) is 10.3 Å². The molecule has 1 nitrogen and oxygen atoms in total. The van der Waals surface area contributed by atoms with Gasteiger partial charge in [0.05, 0.1) is 0 Å². The first-order valence-electron chi connectivity index (χ1n) is 6.10. The van der Waals surface area contributed by atoms with Gasteiger partial charge in [-0.25, -0.2) is 4.98 Å². The standard InChI is InChI=1S/C15H15Cl2NS/c1-10(2)11-3-6-13(7-4-11)19-9-12-5-8-14(16)18-15(12)17/h3-8,10H,9H2,1-2H3. The van der Waals surface area contributed by atoms with Crippen molar-refractivity contribution in [2.24, 2.45) is 0 Å². The third kappa shape index (κ3) is 4.13. The van der Waals surface area contributed by atoms with Gasteiger partial charge in [0.1, 0.15) is 10.3 Å². The highest BCUT2D eigenvalue weighted by atomic mass is 35.5. The second-order valence-electron chi connectivity index (χ2n) is 4.60. The summed E-state index contributed by atoms with van der Waals surface area (Å²) in [5.74, 6) is 1.36. The van der Waals surface area contributed by atoms with E-state index in [4.69, 9.17) is 23.2 Å². The molecule has 100 valence electrons. The van der Waals surface area contributed by atoms with Crippen LogP contribution in [0.15, 0.2) is 41.3 Å². The number of benzene rings is 1. The van der Waals surface area contributed by atoms with Crippen molar-refractivity contribution in [3.8, 4) is 0 Å². The summed E-state index contributed by atoms with van der Waals surface area (Å²) < 4.78 is 0. The summed E-state index contributed by atoms with van der Waals surface area (Å²) >= 11 is 13.6. The van der Waals surface area contributed by atoms with Gasteiger partial charge < -0.3 is 0 Å². The van der Waals surface area contributed by atoms with E-state index in [0.717, 1.165) is 11.3 Å². The smallest absolute Gasteiger partial charge is 0.134 e. The van der Waals surface area contributed by atoms with Crippen LogP contribution in [-0.4, -0.2) is 4.98 Å². The fourth-order valence-electron chi connectivity index (χ4n) is 1.66. The molecule has 0 aliphatic heterocycles. The molecule has 1 heterocycles. The SMILES string of the molecule is CC(C)c1ccc(SCc2ccc(Cl)nc2Cl)cc1. The van der Waals surface area contributed by atoms with Crippen LogP contribution in [0.1, 0.15) is 30.9 Å². The fourth-order valence-corrected chi connectivity index (χ4v) is 3.03. The van der Waals surface area contributed by atoms with Gasteiger partial charge in [0.15, 0.2) is 0 Å². The molecular formula is C15H15Cl2NS. The lowest BCUT2D eigenvalue weighted by Gasteiger charge is -2.07. The molecule has 0 radical (unpaired) electrons. The zero-order chi connectivity index (χ0) is 13.8. The monoisotopic (exact) mass is 311 g/mol. The Bertz CT molecular complexity index is 553. The lowest BCUT2D eigenvalue weighted by atomic mass is 10.0. The number of rotatable bonds is 4. The number of thioether (sulfide) groups is 1. The van der Waals surface area contributed by atoms with Crippen molar-refractivity contribution >= 4 is 35.0 Å². The Labute approximate surface area is 128 Å².